The number of nitrogens with zero attached hydrogens (tertiary/aromatic N) is 4. The normalized spacial score (nSPS) is 11.7. The number of carboxylic acid groups (broad SMARTS) is 1. The van der Waals surface area contributed by atoms with Crippen LogP contribution in [0, 0.1) is 0 Å². The summed E-state index contributed by atoms with van der Waals surface area (Å²) in [5, 5.41) is 16.5. The number of sulfonamides is 1. The van der Waals surface area contributed by atoms with E-state index in [-0.39, 0.29) is 24.4 Å². The third-order valence-corrected chi connectivity index (χ3v) is 4.04. The zero-order valence-corrected chi connectivity index (χ0v) is 12.1. The summed E-state index contributed by atoms with van der Waals surface area (Å²) in [7, 11) is -1.96. The fraction of sp³-hybridized carbons (Fsp3) is 0.364. The Hall–Kier alpha value is -2.20. The van der Waals surface area contributed by atoms with Crippen molar-refractivity contribution in [1.82, 2.24) is 24.3 Å². The second-order valence-corrected chi connectivity index (χ2v) is 6.16. The fourth-order valence-electron chi connectivity index (χ4n) is 1.63. The van der Waals surface area contributed by atoms with E-state index in [9.17, 15) is 13.2 Å². The first-order chi connectivity index (χ1) is 9.87. The molecule has 0 bridgehead atoms. The summed E-state index contributed by atoms with van der Waals surface area (Å²) in [6.45, 7) is 0.189. The molecule has 0 aromatic carbocycles. The topological polar surface area (TPSA) is 119 Å². The number of aromatic nitrogens is 4. The molecule has 0 amide bonds. The van der Waals surface area contributed by atoms with Crippen LogP contribution >= 0.6 is 0 Å². The van der Waals surface area contributed by atoms with E-state index in [4.69, 9.17) is 5.11 Å². The highest BCUT2D eigenvalue weighted by atomic mass is 32.2. The molecule has 114 valence electrons. The molecule has 0 saturated heterocycles. The molecule has 0 radical (unpaired) electrons. The monoisotopic (exact) mass is 313 g/mol. The lowest BCUT2D eigenvalue weighted by molar-refractivity contribution is -0.137. The smallest absolute Gasteiger partial charge is 0.305 e. The number of rotatable bonds is 7. The summed E-state index contributed by atoms with van der Waals surface area (Å²) < 4.78 is 29.4. The van der Waals surface area contributed by atoms with Gasteiger partial charge in [0.1, 0.15) is 4.90 Å². The van der Waals surface area contributed by atoms with Gasteiger partial charge in [-0.25, -0.2) is 13.1 Å². The lowest BCUT2D eigenvalue weighted by atomic mass is 10.4. The summed E-state index contributed by atoms with van der Waals surface area (Å²) in [5.41, 5.74) is 0.597. The Bertz CT molecular complexity index is 733. The van der Waals surface area contributed by atoms with Crippen LogP contribution < -0.4 is 4.72 Å². The van der Waals surface area contributed by atoms with Gasteiger partial charge in [0.2, 0.25) is 10.0 Å². The van der Waals surface area contributed by atoms with Crippen molar-refractivity contribution in [1.29, 1.82) is 0 Å². The van der Waals surface area contributed by atoms with Gasteiger partial charge in [-0.1, -0.05) is 0 Å². The van der Waals surface area contributed by atoms with Gasteiger partial charge in [-0.2, -0.15) is 10.2 Å². The minimum Gasteiger partial charge on any atom is -0.481 e. The van der Waals surface area contributed by atoms with Crippen LogP contribution in [0.25, 0.3) is 0 Å². The van der Waals surface area contributed by atoms with E-state index in [0.29, 0.717) is 5.69 Å². The Morgan fingerprint density at radius 2 is 2.24 bits per heavy atom. The molecule has 0 aliphatic rings. The van der Waals surface area contributed by atoms with Crippen molar-refractivity contribution in [3.05, 3.63) is 30.4 Å². The predicted molar refractivity (Wildman–Crippen MR) is 71.7 cm³/mol. The molecule has 2 aromatic heterocycles. The maximum absolute atomic E-state index is 12.0. The van der Waals surface area contributed by atoms with Gasteiger partial charge in [0.25, 0.3) is 0 Å². The van der Waals surface area contributed by atoms with E-state index < -0.39 is 16.0 Å². The summed E-state index contributed by atoms with van der Waals surface area (Å²) in [4.78, 5) is 10.4. The molecule has 9 nitrogen and oxygen atoms in total. The molecule has 21 heavy (non-hydrogen) atoms. The standard InChI is InChI=1S/C11H15N5O4S/c1-15-4-2-9(14-15)6-13-21(19,20)10-7-12-16(8-10)5-3-11(17)18/h2,4,7-8,13H,3,5-6H2,1H3,(H,17,18). The maximum Gasteiger partial charge on any atom is 0.305 e. The van der Waals surface area contributed by atoms with Gasteiger partial charge >= 0.3 is 5.97 Å². The van der Waals surface area contributed by atoms with E-state index in [1.807, 2.05) is 0 Å². The van der Waals surface area contributed by atoms with Crippen LogP contribution in [0.5, 0.6) is 0 Å². The molecule has 0 fully saturated rings. The van der Waals surface area contributed by atoms with Crippen molar-refractivity contribution in [3.63, 3.8) is 0 Å². The Kier molecular flexibility index (Phi) is 4.38. The van der Waals surface area contributed by atoms with Gasteiger partial charge in [0, 0.05) is 19.4 Å². The largest absolute Gasteiger partial charge is 0.481 e. The highest BCUT2D eigenvalue weighted by molar-refractivity contribution is 7.89. The quantitative estimate of drug-likeness (QED) is 0.716. The minimum absolute atomic E-state index is 0.0104. The van der Waals surface area contributed by atoms with Crippen molar-refractivity contribution in [2.45, 2.75) is 24.4 Å². The number of carboxylic acids is 1. The van der Waals surface area contributed by atoms with Crippen LogP contribution in [0.3, 0.4) is 0 Å². The summed E-state index contributed by atoms with van der Waals surface area (Å²) in [6, 6.07) is 1.71. The lowest BCUT2D eigenvalue weighted by Crippen LogP contribution is -2.23. The average molecular weight is 313 g/mol. The molecule has 0 unspecified atom stereocenters. The number of aryl methyl sites for hydroxylation is 2. The summed E-state index contributed by atoms with van der Waals surface area (Å²) >= 11 is 0. The van der Waals surface area contributed by atoms with E-state index in [1.165, 1.54) is 17.1 Å². The highest BCUT2D eigenvalue weighted by Crippen LogP contribution is 2.08. The molecule has 0 atom stereocenters. The maximum atomic E-state index is 12.0. The molecular formula is C11H15N5O4S. The minimum atomic E-state index is -3.70. The van der Waals surface area contributed by atoms with E-state index in [1.54, 1.807) is 24.0 Å². The van der Waals surface area contributed by atoms with E-state index in [2.05, 4.69) is 14.9 Å². The Balaban J connectivity index is 2.00. The van der Waals surface area contributed by atoms with Crippen molar-refractivity contribution in [2.75, 3.05) is 0 Å². The number of carbonyl (C=O) groups is 1. The zero-order valence-electron chi connectivity index (χ0n) is 11.3. The van der Waals surface area contributed by atoms with Crippen LogP contribution in [0.1, 0.15) is 12.1 Å². The summed E-state index contributed by atoms with van der Waals surface area (Å²) in [5.74, 6) is -0.969. The van der Waals surface area contributed by atoms with Gasteiger partial charge in [0.15, 0.2) is 0 Å². The molecular weight excluding hydrogens is 298 g/mol. The highest BCUT2D eigenvalue weighted by Gasteiger charge is 2.17. The molecule has 2 aromatic rings. The van der Waals surface area contributed by atoms with Crippen molar-refractivity contribution < 1.29 is 18.3 Å². The third-order valence-electron chi connectivity index (χ3n) is 2.69. The molecule has 2 rings (SSSR count). The molecule has 0 aliphatic heterocycles. The second kappa shape index (κ2) is 6.06. The SMILES string of the molecule is Cn1ccc(CNS(=O)(=O)c2cnn(CCC(=O)O)c2)n1. The lowest BCUT2D eigenvalue weighted by Gasteiger charge is -2.02. The molecule has 10 heteroatoms. The third kappa shape index (κ3) is 4.13. The van der Waals surface area contributed by atoms with Crippen LogP contribution in [0.4, 0.5) is 0 Å². The predicted octanol–water partition coefficient (Wildman–Crippen LogP) is -0.430. The Morgan fingerprint density at radius 3 is 2.86 bits per heavy atom. The molecule has 2 N–H and O–H groups in total. The van der Waals surface area contributed by atoms with Gasteiger partial charge in [0.05, 0.1) is 31.4 Å². The van der Waals surface area contributed by atoms with E-state index in [0.717, 1.165) is 0 Å². The first kappa shape index (κ1) is 15.2. The Morgan fingerprint density at radius 1 is 1.48 bits per heavy atom. The zero-order chi connectivity index (χ0) is 15.5. The second-order valence-electron chi connectivity index (χ2n) is 4.39. The van der Waals surface area contributed by atoms with Crippen molar-refractivity contribution >= 4 is 16.0 Å². The van der Waals surface area contributed by atoms with Gasteiger partial charge in [-0.15, -0.1) is 0 Å². The fourth-order valence-corrected chi connectivity index (χ4v) is 2.58. The van der Waals surface area contributed by atoms with Gasteiger partial charge in [-0.3, -0.25) is 14.2 Å². The molecule has 2 heterocycles. The first-order valence-corrected chi connectivity index (χ1v) is 7.57. The number of aliphatic carboxylic acids is 1. The number of hydrogen-bond acceptors (Lipinski definition) is 5. The molecule has 0 aliphatic carbocycles. The first-order valence-electron chi connectivity index (χ1n) is 6.09. The summed E-state index contributed by atoms with van der Waals surface area (Å²) in [6.07, 6.45) is 4.07. The van der Waals surface area contributed by atoms with E-state index >= 15 is 0 Å². The van der Waals surface area contributed by atoms with Crippen molar-refractivity contribution in [2.24, 2.45) is 7.05 Å². The van der Waals surface area contributed by atoms with Gasteiger partial charge in [-0.05, 0) is 6.07 Å². The molecule has 0 spiro atoms. The van der Waals surface area contributed by atoms with Crippen LogP contribution in [-0.2, 0) is 35.0 Å². The molecule has 0 saturated carbocycles. The average Bonchev–Trinajstić information content (AvgIpc) is 3.03. The van der Waals surface area contributed by atoms with Crippen LogP contribution in [0.15, 0.2) is 29.6 Å². The Labute approximate surface area is 121 Å². The van der Waals surface area contributed by atoms with Crippen LogP contribution in [0.2, 0.25) is 0 Å². The van der Waals surface area contributed by atoms with Crippen molar-refractivity contribution in [3.8, 4) is 0 Å². The van der Waals surface area contributed by atoms with Crippen LogP contribution in [-0.4, -0.2) is 39.1 Å². The number of nitrogens with one attached hydrogen (secondary N) is 1. The van der Waals surface area contributed by atoms with Gasteiger partial charge < -0.3 is 5.11 Å². The number of hydrogen-bond donors (Lipinski definition) is 2.